The molecule has 3 nitrogen and oxygen atoms in total. The highest BCUT2D eigenvalue weighted by Gasteiger charge is 2.19. The van der Waals surface area contributed by atoms with Gasteiger partial charge in [0, 0.05) is 11.4 Å². The molecule has 2 rings (SSSR count). The first-order valence-corrected chi connectivity index (χ1v) is 8.10. The fourth-order valence-electron chi connectivity index (χ4n) is 2.05. The summed E-state index contributed by atoms with van der Waals surface area (Å²) in [6, 6.07) is 11.2. The van der Waals surface area contributed by atoms with E-state index in [-0.39, 0.29) is 5.91 Å². The lowest BCUT2D eigenvalue weighted by Gasteiger charge is -2.21. The van der Waals surface area contributed by atoms with Gasteiger partial charge in [-0.05, 0) is 38.1 Å². The van der Waals surface area contributed by atoms with Crippen LogP contribution in [-0.2, 0) is 6.54 Å². The number of nitrogens with zero attached hydrogens (tertiary/aromatic N) is 1. The van der Waals surface area contributed by atoms with E-state index < -0.39 is 0 Å². The van der Waals surface area contributed by atoms with Gasteiger partial charge in [0.1, 0.15) is 5.75 Å². The lowest BCUT2D eigenvalue weighted by molar-refractivity contribution is 0.0750. The molecule has 5 heteroatoms. The van der Waals surface area contributed by atoms with Gasteiger partial charge in [0.2, 0.25) is 0 Å². The van der Waals surface area contributed by atoms with Gasteiger partial charge in [-0.1, -0.05) is 23.7 Å². The summed E-state index contributed by atoms with van der Waals surface area (Å²) in [6.07, 6.45) is 0. The molecule has 0 atom stereocenters. The molecule has 1 heterocycles. The molecule has 2 aromatic rings. The minimum atomic E-state index is -0.0222. The van der Waals surface area contributed by atoms with E-state index in [2.05, 4.69) is 0 Å². The summed E-state index contributed by atoms with van der Waals surface area (Å²) in [5, 5.41) is 0. The molecule has 0 spiro atoms. The number of amides is 1. The van der Waals surface area contributed by atoms with Crippen molar-refractivity contribution in [2.45, 2.75) is 20.4 Å². The van der Waals surface area contributed by atoms with Crippen LogP contribution in [0.3, 0.4) is 0 Å². The van der Waals surface area contributed by atoms with Crippen LogP contribution in [0, 0.1) is 0 Å². The first-order valence-electron chi connectivity index (χ1n) is 6.91. The van der Waals surface area contributed by atoms with Crippen LogP contribution in [0.2, 0.25) is 4.34 Å². The molecule has 0 radical (unpaired) electrons. The smallest absolute Gasteiger partial charge is 0.257 e. The van der Waals surface area contributed by atoms with Crippen molar-refractivity contribution in [1.29, 1.82) is 0 Å². The zero-order chi connectivity index (χ0) is 15.2. The Balaban J connectivity index is 2.20. The minimum Gasteiger partial charge on any atom is -0.493 e. The van der Waals surface area contributed by atoms with Gasteiger partial charge >= 0.3 is 0 Å². The van der Waals surface area contributed by atoms with E-state index in [4.69, 9.17) is 16.3 Å². The Labute approximate surface area is 134 Å². The average Bonchev–Trinajstić information content (AvgIpc) is 2.90. The molecule has 0 bridgehead atoms. The van der Waals surface area contributed by atoms with Crippen molar-refractivity contribution in [1.82, 2.24) is 4.90 Å². The lowest BCUT2D eigenvalue weighted by atomic mass is 10.1. The van der Waals surface area contributed by atoms with Gasteiger partial charge in [-0.15, -0.1) is 11.3 Å². The molecular formula is C16H18ClNO2S. The van der Waals surface area contributed by atoms with E-state index in [9.17, 15) is 4.79 Å². The molecule has 1 amide bonds. The predicted octanol–water partition coefficient (Wildman–Crippen LogP) is 4.46. The number of benzene rings is 1. The Hall–Kier alpha value is -1.52. The summed E-state index contributed by atoms with van der Waals surface area (Å²) in [4.78, 5) is 15.6. The Morgan fingerprint density at radius 3 is 2.62 bits per heavy atom. The monoisotopic (exact) mass is 323 g/mol. The molecule has 1 aromatic heterocycles. The molecule has 0 aliphatic rings. The first kappa shape index (κ1) is 15.9. The van der Waals surface area contributed by atoms with Gasteiger partial charge in [0.05, 0.1) is 23.1 Å². The third-order valence-electron chi connectivity index (χ3n) is 3.06. The second kappa shape index (κ2) is 7.48. The van der Waals surface area contributed by atoms with Crippen LogP contribution in [0.4, 0.5) is 0 Å². The van der Waals surface area contributed by atoms with Gasteiger partial charge in [0.15, 0.2) is 0 Å². The molecule has 0 aliphatic heterocycles. The van der Waals surface area contributed by atoms with Crippen LogP contribution in [-0.4, -0.2) is 24.0 Å². The van der Waals surface area contributed by atoms with Gasteiger partial charge in [-0.3, -0.25) is 4.79 Å². The van der Waals surface area contributed by atoms with Crippen molar-refractivity contribution < 1.29 is 9.53 Å². The molecular weight excluding hydrogens is 306 g/mol. The van der Waals surface area contributed by atoms with Crippen LogP contribution in [0.5, 0.6) is 5.75 Å². The molecule has 0 saturated carbocycles. The Morgan fingerprint density at radius 2 is 2.00 bits per heavy atom. The summed E-state index contributed by atoms with van der Waals surface area (Å²) in [5.74, 6) is 0.610. The molecule has 21 heavy (non-hydrogen) atoms. The number of carbonyl (C=O) groups is 1. The maximum atomic E-state index is 12.7. The summed E-state index contributed by atoms with van der Waals surface area (Å²) in [6.45, 7) is 5.61. The van der Waals surface area contributed by atoms with Gasteiger partial charge in [-0.25, -0.2) is 0 Å². The van der Waals surface area contributed by atoms with E-state index >= 15 is 0 Å². The maximum Gasteiger partial charge on any atom is 0.257 e. The number of hydrogen-bond donors (Lipinski definition) is 0. The van der Waals surface area contributed by atoms with Crippen molar-refractivity contribution in [3.8, 4) is 5.75 Å². The number of carbonyl (C=O) groups excluding carboxylic acids is 1. The number of rotatable bonds is 6. The third kappa shape index (κ3) is 3.99. The van der Waals surface area contributed by atoms with Crippen LogP contribution < -0.4 is 4.74 Å². The van der Waals surface area contributed by atoms with Crippen LogP contribution in [0.15, 0.2) is 36.4 Å². The van der Waals surface area contributed by atoms with Crippen molar-refractivity contribution in [3.05, 3.63) is 51.2 Å². The van der Waals surface area contributed by atoms with Gasteiger partial charge in [-0.2, -0.15) is 0 Å². The maximum absolute atomic E-state index is 12.7. The second-order valence-electron chi connectivity index (χ2n) is 4.45. The quantitative estimate of drug-likeness (QED) is 0.785. The van der Waals surface area contributed by atoms with E-state index in [1.165, 1.54) is 11.3 Å². The molecule has 0 fully saturated rings. The predicted molar refractivity (Wildman–Crippen MR) is 87.4 cm³/mol. The molecule has 0 saturated heterocycles. The topological polar surface area (TPSA) is 29.5 Å². The van der Waals surface area contributed by atoms with Crippen LogP contribution >= 0.6 is 22.9 Å². The Morgan fingerprint density at radius 1 is 1.24 bits per heavy atom. The van der Waals surface area contributed by atoms with Crippen molar-refractivity contribution in [2.75, 3.05) is 13.2 Å². The van der Waals surface area contributed by atoms with E-state index in [0.29, 0.717) is 31.0 Å². The largest absolute Gasteiger partial charge is 0.493 e. The van der Waals surface area contributed by atoms with E-state index in [1.54, 1.807) is 11.0 Å². The summed E-state index contributed by atoms with van der Waals surface area (Å²) in [7, 11) is 0. The van der Waals surface area contributed by atoms with Gasteiger partial charge < -0.3 is 9.64 Å². The molecule has 0 unspecified atom stereocenters. The van der Waals surface area contributed by atoms with E-state index in [1.807, 2.05) is 44.2 Å². The van der Waals surface area contributed by atoms with Crippen LogP contribution in [0.1, 0.15) is 29.1 Å². The number of thiophene rings is 1. The number of halogens is 1. The van der Waals surface area contributed by atoms with Gasteiger partial charge in [0.25, 0.3) is 5.91 Å². The molecule has 1 aromatic carbocycles. The average molecular weight is 324 g/mol. The number of ether oxygens (including phenoxy) is 1. The SMILES string of the molecule is CCOc1ccccc1C(=O)N(CC)Cc1ccc(Cl)s1. The fraction of sp³-hybridized carbons (Fsp3) is 0.312. The second-order valence-corrected chi connectivity index (χ2v) is 6.25. The van der Waals surface area contributed by atoms with Crippen LogP contribution in [0.25, 0.3) is 0 Å². The minimum absolute atomic E-state index is 0.0222. The standard InChI is InChI=1S/C16H18ClNO2S/c1-3-18(11-12-9-10-15(17)21-12)16(19)13-7-5-6-8-14(13)20-4-2/h5-10H,3-4,11H2,1-2H3. The fourth-order valence-corrected chi connectivity index (χ4v) is 3.15. The van der Waals surface area contributed by atoms with Crippen molar-refractivity contribution >= 4 is 28.8 Å². The normalized spacial score (nSPS) is 10.4. The highest BCUT2D eigenvalue weighted by atomic mass is 35.5. The Kier molecular flexibility index (Phi) is 5.65. The number of hydrogen-bond acceptors (Lipinski definition) is 3. The Bertz CT molecular complexity index is 612. The summed E-state index contributed by atoms with van der Waals surface area (Å²) >= 11 is 7.44. The third-order valence-corrected chi connectivity index (χ3v) is 4.28. The lowest BCUT2D eigenvalue weighted by Crippen LogP contribution is -2.30. The highest BCUT2D eigenvalue weighted by Crippen LogP contribution is 2.25. The molecule has 0 N–H and O–H groups in total. The van der Waals surface area contributed by atoms with Crippen molar-refractivity contribution in [3.63, 3.8) is 0 Å². The summed E-state index contributed by atoms with van der Waals surface area (Å²) < 4.78 is 6.28. The van der Waals surface area contributed by atoms with Crippen molar-refractivity contribution in [2.24, 2.45) is 0 Å². The number of para-hydroxylation sites is 1. The molecule has 112 valence electrons. The summed E-state index contributed by atoms with van der Waals surface area (Å²) in [5.41, 5.74) is 0.601. The zero-order valence-electron chi connectivity index (χ0n) is 12.1. The highest BCUT2D eigenvalue weighted by molar-refractivity contribution is 7.16. The first-order chi connectivity index (χ1) is 10.2. The van der Waals surface area contributed by atoms with E-state index in [0.717, 1.165) is 9.21 Å². The zero-order valence-corrected chi connectivity index (χ0v) is 13.7. The molecule has 0 aliphatic carbocycles.